The number of rotatable bonds is 4. The highest BCUT2D eigenvalue weighted by Gasteiger charge is 2.29. The summed E-state index contributed by atoms with van der Waals surface area (Å²) in [5.41, 5.74) is 7.96. The molecule has 2 aromatic heterocycles. The Morgan fingerprint density at radius 1 is 1.17 bits per heavy atom. The molecule has 0 radical (unpaired) electrons. The molecule has 0 spiro atoms. The van der Waals surface area contributed by atoms with E-state index in [9.17, 15) is 5.26 Å². The molecule has 2 N–H and O–H groups in total. The van der Waals surface area contributed by atoms with Gasteiger partial charge < -0.3 is 20.1 Å². The Morgan fingerprint density at radius 3 is 2.50 bits per heavy atom. The number of ether oxygens (including phenoxy) is 2. The predicted molar refractivity (Wildman–Crippen MR) is 119 cm³/mol. The van der Waals surface area contributed by atoms with Crippen molar-refractivity contribution < 1.29 is 9.47 Å². The van der Waals surface area contributed by atoms with Crippen LogP contribution in [0, 0.1) is 18.3 Å². The second-order valence-electron chi connectivity index (χ2n) is 7.93. The van der Waals surface area contributed by atoms with Crippen molar-refractivity contribution in [3.63, 3.8) is 0 Å². The molecule has 1 aromatic carbocycles. The van der Waals surface area contributed by atoms with E-state index in [1.165, 1.54) is 11.3 Å². The van der Waals surface area contributed by atoms with E-state index in [-0.39, 0.29) is 5.54 Å². The molecule has 0 bridgehead atoms. The number of hydrogen-bond acceptors (Lipinski definition) is 8. The summed E-state index contributed by atoms with van der Waals surface area (Å²) in [6, 6.07) is 7.95. The van der Waals surface area contributed by atoms with Gasteiger partial charge in [-0.2, -0.15) is 5.26 Å². The summed E-state index contributed by atoms with van der Waals surface area (Å²) in [5, 5.41) is 10.5. The highest BCUT2D eigenvalue weighted by atomic mass is 32.1. The molecule has 0 saturated carbocycles. The molecule has 1 saturated heterocycles. The largest absolute Gasteiger partial charge is 0.493 e. The third-order valence-corrected chi connectivity index (χ3v) is 6.81. The first-order valence-corrected chi connectivity index (χ1v) is 10.7. The number of aromatic nitrogens is 2. The van der Waals surface area contributed by atoms with Crippen molar-refractivity contribution in [2.24, 2.45) is 5.73 Å². The van der Waals surface area contributed by atoms with Crippen LogP contribution >= 0.6 is 11.3 Å². The third-order valence-electron chi connectivity index (χ3n) is 5.72. The lowest BCUT2D eigenvalue weighted by molar-refractivity contribution is 0.355. The summed E-state index contributed by atoms with van der Waals surface area (Å²) in [6.45, 7) is 5.71. The first kappa shape index (κ1) is 20.4. The zero-order valence-electron chi connectivity index (χ0n) is 17.7. The van der Waals surface area contributed by atoms with Crippen molar-refractivity contribution in [1.29, 1.82) is 5.26 Å². The Morgan fingerprint density at radius 2 is 1.87 bits per heavy atom. The van der Waals surface area contributed by atoms with Crippen molar-refractivity contribution in [2.45, 2.75) is 32.2 Å². The van der Waals surface area contributed by atoms with Crippen molar-refractivity contribution >= 4 is 27.4 Å². The van der Waals surface area contributed by atoms with E-state index >= 15 is 0 Å². The van der Waals surface area contributed by atoms with Gasteiger partial charge in [-0.3, -0.25) is 0 Å². The molecule has 1 fully saturated rings. The lowest BCUT2D eigenvalue weighted by Crippen LogP contribution is -2.48. The molecule has 7 nitrogen and oxygen atoms in total. The number of methoxy groups -OCH3 is 2. The van der Waals surface area contributed by atoms with Gasteiger partial charge in [-0.25, -0.2) is 9.97 Å². The number of fused-ring (bicyclic) bond motifs is 1. The number of benzene rings is 1. The summed E-state index contributed by atoms with van der Waals surface area (Å²) < 4.78 is 10.8. The molecular formula is C22H25N5O2S. The number of nitriles is 1. The van der Waals surface area contributed by atoms with Gasteiger partial charge in [0.25, 0.3) is 0 Å². The van der Waals surface area contributed by atoms with Crippen LogP contribution in [0.25, 0.3) is 21.6 Å². The van der Waals surface area contributed by atoms with Crippen LogP contribution in [0.1, 0.15) is 30.2 Å². The SMILES string of the molecule is COc1ccc(-c2nc(N3CCC(C)(N)CC3)c3c(C)c(C#N)sc3n2)cc1OC. The predicted octanol–water partition coefficient (Wildman–Crippen LogP) is 3.87. The van der Waals surface area contributed by atoms with Gasteiger partial charge in [0.15, 0.2) is 17.3 Å². The molecule has 8 heteroatoms. The van der Waals surface area contributed by atoms with E-state index in [1.54, 1.807) is 14.2 Å². The van der Waals surface area contributed by atoms with Crippen molar-refractivity contribution in [3.8, 4) is 29.0 Å². The summed E-state index contributed by atoms with van der Waals surface area (Å²) in [5.74, 6) is 2.75. The normalized spacial score (nSPS) is 15.8. The van der Waals surface area contributed by atoms with E-state index in [2.05, 4.69) is 17.9 Å². The second-order valence-corrected chi connectivity index (χ2v) is 8.93. The summed E-state index contributed by atoms with van der Waals surface area (Å²) >= 11 is 1.41. The van der Waals surface area contributed by atoms with E-state index in [0.717, 1.165) is 53.1 Å². The number of anilines is 1. The maximum atomic E-state index is 9.55. The topological polar surface area (TPSA) is 97.3 Å². The van der Waals surface area contributed by atoms with Crippen LogP contribution in [0.15, 0.2) is 18.2 Å². The number of nitrogens with two attached hydrogens (primary N) is 1. The van der Waals surface area contributed by atoms with Gasteiger partial charge in [-0.15, -0.1) is 11.3 Å². The number of aryl methyl sites for hydroxylation is 1. The maximum absolute atomic E-state index is 9.55. The summed E-state index contributed by atoms with van der Waals surface area (Å²) in [7, 11) is 3.22. The Labute approximate surface area is 180 Å². The molecule has 30 heavy (non-hydrogen) atoms. The molecule has 3 aromatic rings. The average molecular weight is 424 g/mol. The Bertz CT molecular complexity index is 1140. The summed E-state index contributed by atoms with van der Waals surface area (Å²) in [4.78, 5) is 13.5. The zero-order valence-corrected chi connectivity index (χ0v) is 18.5. The third kappa shape index (κ3) is 3.55. The van der Waals surface area contributed by atoms with E-state index in [0.29, 0.717) is 22.2 Å². The standard InChI is InChI=1S/C22H25N5O2S/c1-13-17(12-23)30-21-18(13)20(27-9-7-22(2,24)8-10-27)25-19(26-21)14-5-6-15(28-3)16(11-14)29-4/h5-6,11H,7-10,24H2,1-4H3. The number of hydrogen-bond donors (Lipinski definition) is 1. The van der Waals surface area contributed by atoms with Crippen LogP contribution < -0.4 is 20.1 Å². The summed E-state index contributed by atoms with van der Waals surface area (Å²) in [6.07, 6.45) is 1.77. The first-order valence-electron chi connectivity index (χ1n) is 9.84. The van der Waals surface area contributed by atoms with Gasteiger partial charge in [0, 0.05) is 24.2 Å². The number of piperidine rings is 1. The molecule has 0 aliphatic carbocycles. The van der Waals surface area contributed by atoms with Crippen LogP contribution in [0.2, 0.25) is 0 Å². The van der Waals surface area contributed by atoms with E-state index in [1.807, 2.05) is 25.1 Å². The smallest absolute Gasteiger partial charge is 0.163 e. The second kappa shape index (κ2) is 7.74. The molecule has 1 aliphatic heterocycles. The Kier molecular flexibility index (Phi) is 5.26. The van der Waals surface area contributed by atoms with Crippen LogP contribution in [0.3, 0.4) is 0 Å². The monoisotopic (exact) mass is 423 g/mol. The van der Waals surface area contributed by atoms with Crippen molar-refractivity contribution in [2.75, 3.05) is 32.2 Å². The average Bonchev–Trinajstić information content (AvgIpc) is 3.08. The zero-order chi connectivity index (χ0) is 21.5. The van der Waals surface area contributed by atoms with Crippen LogP contribution in [-0.2, 0) is 0 Å². The van der Waals surface area contributed by atoms with Gasteiger partial charge in [0.2, 0.25) is 0 Å². The lowest BCUT2D eigenvalue weighted by atomic mass is 9.91. The molecular weight excluding hydrogens is 398 g/mol. The number of nitrogens with zero attached hydrogens (tertiary/aromatic N) is 4. The van der Waals surface area contributed by atoms with Crippen LogP contribution in [0.4, 0.5) is 5.82 Å². The fourth-order valence-corrected chi connectivity index (χ4v) is 4.76. The van der Waals surface area contributed by atoms with Crippen LogP contribution in [0.5, 0.6) is 11.5 Å². The van der Waals surface area contributed by atoms with E-state index < -0.39 is 0 Å². The Hall–Kier alpha value is -2.89. The van der Waals surface area contributed by atoms with Crippen molar-refractivity contribution in [3.05, 3.63) is 28.6 Å². The van der Waals surface area contributed by atoms with Gasteiger partial charge >= 0.3 is 0 Å². The van der Waals surface area contributed by atoms with Gasteiger partial charge in [-0.05, 0) is 50.5 Å². The fraction of sp³-hybridized carbons (Fsp3) is 0.409. The minimum Gasteiger partial charge on any atom is -0.493 e. The molecule has 156 valence electrons. The molecule has 4 rings (SSSR count). The van der Waals surface area contributed by atoms with Gasteiger partial charge in [0.05, 0.1) is 19.6 Å². The van der Waals surface area contributed by atoms with Gasteiger partial charge in [0.1, 0.15) is 21.6 Å². The first-order chi connectivity index (χ1) is 14.4. The molecule has 0 amide bonds. The minimum atomic E-state index is -0.156. The quantitative estimate of drug-likeness (QED) is 0.680. The van der Waals surface area contributed by atoms with Crippen molar-refractivity contribution in [1.82, 2.24) is 9.97 Å². The molecule has 0 unspecified atom stereocenters. The Balaban J connectivity index is 1.88. The van der Waals surface area contributed by atoms with Crippen LogP contribution in [-0.4, -0.2) is 42.8 Å². The highest BCUT2D eigenvalue weighted by molar-refractivity contribution is 7.19. The molecule has 3 heterocycles. The van der Waals surface area contributed by atoms with Gasteiger partial charge in [-0.1, -0.05) is 0 Å². The van der Waals surface area contributed by atoms with E-state index in [4.69, 9.17) is 25.2 Å². The fourth-order valence-electron chi connectivity index (χ4n) is 3.79. The minimum absolute atomic E-state index is 0.156. The lowest BCUT2D eigenvalue weighted by Gasteiger charge is -2.37. The number of thiophene rings is 1. The maximum Gasteiger partial charge on any atom is 0.163 e. The molecule has 0 atom stereocenters. The highest BCUT2D eigenvalue weighted by Crippen LogP contribution is 2.39. The molecule has 1 aliphatic rings.